The number of methoxy groups -OCH3 is 1. The molecule has 0 aliphatic heterocycles. The Morgan fingerprint density at radius 3 is 2.95 bits per heavy atom. The van der Waals surface area contributed by atoms with Crippen LogP contribution in [0.4, 0.5) is 0 Å². The Balaban J connectivity index is 1.84. The molecule has 0 fully saturated rings. The summed E-state index contributed by atoms with van der Waals surface area (Å²) >= 11 is 1.55. The van der Waals surface area contributed by atoms with Crippen molar-refractivity contribution in [2.24, 2.45) is 0 Å². The molecule has 1 aromatic carbocycles. The van der Waals surface area contributed by atoms with Crippen molar-refractivity contribution in [1.82, 2.24) is 0 Å². The van der Waals surface area contributed by atoms with E-state index in [4.69, 9.17) is 14.6 Å². The van der Waals surface area contributed by atoms with Gasteiger partial charge >= 0.3 is 5.97 Å². The number of carboxylic acid groups (broad SMARTS) is 1. The van der Waals surface area contributed by atoms with Gasteiger partial charge in [-0.3, -0.25) is 0 Å². The van der Waals surface area contributed by atoms with Crippen LogP contribution in [0.25, 0.3) is 6.08 Å². The molecular weight excluding hydrogens is 288 g/mol. The maximum absolute atomic E-state index is 10.4. The summed E-state index contributed by atoms with van der Waals surface area (Å²) in [6.07, 6.45) is 2.70. The highest BCUT2D eigenvalue weighted by Crippen LogP contribution is 2.18. The van der Waals surface area contributed by atoms with E-state index in [-0.39, 0.29) is 0 Å². The summed E-state index contributed by atoms with van der Waals surface area (Å²) in [6, 6.07) is 9.67. The molecule has 0 aliphatic rings. The molecule has 1 N–H and O–H groups in total. The average molecular weight is 304 g/mol. The first-order valence-electron chi connectivity index (χ1n) is 6.36. The first-order chi connectivity index (χ1) is 10.2. The van der Waals surface area contributed by atoms with E-state index in [9.17, 15) is 4.79 Å². The molecule has 0 amide bonds. The van der Waals surface area contributed by atoms with Crippen molar-refractivity contribution in [3.63, 3.8) is 0 Å². The molecule has 5 heteroatoms. The fourth-order valence-corrected chi connectivity index (χ4v) is 2.55. The van der Waals surface area contributed by atoms with Crippen molar-refractivity contribution in [3.05, 3.63) is 57.8 Å². The molecule has 0 atom stereocenters. The molecule has 2 rings (SSSR count). The van der Waals surface area contributed by atoms with Crippen molar-refractivity contribution in [2.45, 2.75) is 13.2 Å². The lowest BCUT2D eigenvalue weighted by atomic mass is 10.2. The highest BCUT2D eigenvalue weighted by molar-refractivity contribution is 7.10. The van der Waals surface area contributed by atoms with Crippen LogP contribution in [0, 0.1) is 0 Å². The van der Waals surface area contributed by atoms with E-state index in [0.717, 1.165) is 27.8 Å². The standard InChI is InChI=1S/C16H16O4S/c1-19-14-4-2-3-12(7-14)9-20-10-15-8-13(11-21-15)5-6-16(17)18/h2-8,11H,9-10H2,1H3,(H,17,18). The monoisotopic (exact) mass is 304 g/mol. The number of aliphatic carboxylic acids is 1. The lowest BCUT2D eigenvalue weighted by Gasteiger charge is -2.05. The predicted molar refractivity (Wildman–Crippen MR) is 82.5 cm³/mol. The molecule has 0 bridgehead atoms. The minimum atomic E-state index is -0.947. The molecule has 1 aromatic heterocycles. The van der Waals surface area contributed by atoms with Crippen LogP contribution >= 0.6 is 11.3 Å². The summed E-state index contributed by atoms with van der Waals surface area (Å²) in [4.78, 5) is 11.5. The third-order valence-electron chi connectivity index (χ3n) is 2.74. The van der Waals surface area contributed by atoms with E-state index in [2.05, 4.69) is 0 Å². The van der Waals surface area contributed by atoms with Crippen molar-refractivity contribution < 1.29 is 19.4 Å². The molecule has 2 aromatic rings. The number of hydrogen-bond donors (Lipinski definition) is 1. The number of rotatable bonds is 7. The van der Waals surface area contributed by atoms with Gasteiger partial charge in [0.2, 0.25) is 0 Å². The molecule has 0 radical (unpaired) electrons. The smallest absolute Gasteiger partial charge is 0.328 e. The Kier molecular flexibility index (Phi) is 5.54. The summed E-state index contributed by atoms with van der Waals surface area (Å²) in [5.41, 5.74) is 1.93. The topological polar surface area (TPSA) is 55.8 Å². The second-order valence-corrected chi connectivity index (χ2v) is 5.36. The molecule has 1 heterocycles. The molecule has 0 saturated carbocycles. The van der Waals surface area contributed by atoms with Gasteiger partial charge in [0.1, 0.15) is 5.75 Å². The summed E-state index contributed by atoms with van der Waals surface area (Å²) in [5, 5.41) is 10.5. The molecule has 110 valence electrons. The van der Waals surface area contributed by atoms with E-state index in [0.29, 0.717) is 13.2 Å². The maximum atomic E-state index is 10.4. The van der Waals surface area contributed by atoms with Gasteiger partial charge < -0.3 is 14.6 Å². The van der Waals surface area contributed by atoms with Crippen molar-refractivity contribution >= 4 is 23.4 Å². The maximum Gasteiger partial charge on any atom is 0.328 e. The Morgan fingerprint density at radius 1 is 1.33 bits per heavy atom. The van der Waals surface area contributed by atoms with E-state index in [1.807, 2.05) is 35.7 Å². The van der Waals surface area contributed by atoms with Gasteiger partial charge in [-0.25, -0.2) is 4.79 Å². The SMILES string of the molecule is COc1cccc(COCc2cc(C=CC(=O)O)cs2)c1. The molecule has 4 nitrogen and oxygen atoms in total. The summed E-state index contributed by atoms with van der Waals surface area (Å²) < 4.78 is 10.8. The second-order valence-electron chi connectivity index (χ2n) is 4.36. The van der Waals surface area contributed by atoms with Gasteiger partial charge in [0, 0.05) is 11.0 Å². The largest absolute Gasteiger partial charge is 0.497 e. The normalized spacial score (nSPS) is 10.9. The minimum absolute atomic E-state index is 0.503. The molecule has 0 unspecified atom stereocenters. The van der Waals surface area contributed by atoms with Crippen molar-refractivity contribution in [1.29, 1.82) is 0 Å². The highest BCUT2D eigenvalue weighted by Gasteiger charge is 2.00. The van der Waals surface area contributed by atoms with Gasteiger partial charge in [-0.15, -0.1) is 11.3 Å². The zero-order valence-corrected chi connectivity index (χ0v) is 12.4. The third-order valence-corrected chi connectivity index (χ3v) is 3.67. The zero-order chi connectivity index (χ0) is 15.1. The summed E-state index contributed by atoms with van der Waals surface area (Å²) in [7, 11) is 1.64. The van der Waals surface area contributed by atoms with E-state index in [1.54, 1.807) is 24.5 Å². The first kappa shape index (κ1) is 15.3. The number of carbonyl (C=O) groups is 1. The summed E-state index contributed by atoms with van der Waals surface area (Å²) in [5.74, 6) is -0.134. The highest BCUT2D eigenvalue weighted by atomic mass is 32.1. The molecule has 21 heavy (non-hydrogen) atoms. The van der Waals surface area contributed by atoms with Gasteiger partial charge in [0.05, 0.1) is 20.3 Å². The van der Waals surface area contributed by atoms with Crippen LogP contribution in [0.3, 0.4) is 0 Å². The zero-order valence-electron chi connectivity index (χ0n) is 11.6. The molecule has 0 saturated heterocycles. The van der Waals surface area contributed by atoms with Crippen molar-refractivity contribution in [2.75, 3.05) is 7.11 Å². The molecule has 0 aliphatic carbocycles. The van der Waals surface area contributed by atoms with Crippen molar-refractivity contribution in [3.8, 4) is 5.75 Å². The predicted octanol–water partition coefficient (Wildman–Crippen LogP) is 3.57. The van der Waals surface area contributed by atoms with Gasteiger partial charge in [0.25, 0.3) is 0 Å². The first-order valence-corrected chi connectivity index (χ1v) is 7.24. The fourth-order valence-electron chi connectivity index (χ4n) is 1.76. The number of carboxylic acids is 1. The van der Waals surface area contributed by atoms with E-state index >= 15 is 0 Å². The van der Waals surface area contributed by atoms with Crippen LogP contribution in [0.5, 0.6) is 5.75 Å². The van der Waals surface area contributed by atoms with Crippen LogP contribution in [0.1, 0.15) is 16.0 Å². The van der Waals surface area contributed by atoms with Gasteiger partial charge in [0.15, 0.2) is 0 Å². The van der Waals surface area contributed by atoms with Crippen LogP contribution in [-0.2, 0) is 22.7 Å². The Hall–Kier alpha value is -2.11. The minimum Gasteiger partial charge on any atom is -0.497 e. The van der Waals surface area contributed by atoms with E-state index < -0.39 is 5.97 Å². The van der Waals surface area contributed by atoms with Crippen LogP contribution in [0.2, 0.25) is 0 Å². The van der Waals surface area contributed by atoms with Gasteiger partial charge in [-0.2, -0.15) is 0 Å². The van der Waals surface area contributed by atoms with Crippen LogP contribution in [0.15, 0.2) is 41.8 Å². The number of hydrogen-bond acceptors (Lipinski definition) is 4. The lowest BCUT2D eigenvalue weighted by molar-refractivity contribution is -0.131. The fraction of sp³-hybridized carbons (Fsp3) is 0.188. The third kappa shape index (κ3) is 5.06. The number of ether oxygens (including phenoxy) is 2. The quantitative estimate of drug-likeness (QED) is 0.795. The molecular formula is C16H16O4S. The lowest BCUT2D eigenvalue weighted by Crippen LogP contribution is -1.93. The van der Waals surface area contributed by atoms with Crippen LogP contribution in [-0.4, -0.2) is 18.2 Å². The Labute approximate surface area is 127 Å². The Morgan fingerprint density at radius 2 is 2.19 bits per heavy atom. The molecule has 0 spiro atoms. The van der Waals surface area contributed by atoms with Gasteiger partial charge in [-0.05, 0) is 40.8 Å². The summed E-state index contributed by atoms with van der Waals surface area (Å²) in [6.45, 7) is 1.01. The number of thiophene rings is 1. The van der Waals surface area contributed by atoms with Gasteiger partial charge in [-0.1, -0.05) is 12.1 Å². The average Bonchev–Trinajstić information content (AvgIpc) is 2.93. The number of benzene rings is 1. The Bertz CT molecular complexity index is 631. The van der Waals surface area contributed by atoms with Crippen LogP contribution < -0.4 is 4.74 Å². The second kappa shape index (κ2) is 7.61. The van der Waals surface area contributed by atoms with E-state index in [1.165, 1.54) is 0 Å².